The van der Waals surface area contributed by atoms with E-state index in [0.717, 1.165) is 17.9 Å². The lowest BCUT2D eigenvalue weighted by Crippen LogP contribution is -2.32. The van der Waals surface area contributed by atoms with Crippen molar-refractivity contribution in [2.75, 3.05) is 13.2 Å². The summed E-state index contributed by atoms with van der Waals surface area (Å²) in [5, 5.41) is 12.9. The van der Waals surface area contributed by atoms with E-state index in [1.165, 1.54) is 12.1 Å². The molecule has 7 heteroatoms. The van der Waals surface area contributed by atoms with Gasteiger partial charge in [0.2, 0.25) is 0 Å². The van der Waals surface area contributed by atoms with Gasteiger partial charge in [-0.15, -0.1) is 0 Å². The molecule has 126 valence electrons. The average molecular weight is 329 g/mol. The number of benzene rings is 1. The van der Waals surface area contributed by atoms with Crippen LogP contribution in [0, 0.1) is 0 Å². The maximum Gasteiger partial charge on any atom is 0.416 e. The topological polar surface area (TPSA) is 54.6 Å². The Morgan fingerprint density at radius 3 is 2.48 bits per heavy atom. The molecule has 1 heterocycles. The van der Waals surface area contributed by atoms with E-state index < -0.39 is 17.8 Å². The van der Waals surface area contributed by atoms with Crippen molar-refractivity contribution < 1.29 is 27.4 Å². The summed E-state index contributed by atoms with van der Waals surface area (Å²) in [5.74, 6) is 1.02. The Balaban J connectivity index is 1.75. The zero-order valence-corrected chi connectivity index (χ0v) is 12.5. The first kappa shape index (κ1) is 17.4. The highest BCUT2D eigenvalue weighted by Gasteiger charge is 2.30. The normalized spacial score (nSPS) is 14.5. The van der Waals surface area contributed by atoms with Crippen LogP contribution in [0.2, 0.25) is 0 Å². The molecule has 0 spiro atoms. The second-order valence-corrected chi connectivity index (χ2v) is 5.13. The second kappa shape index (κ2) is 7.52. The Kier molecular flexibility index (Phi) is 5.68. The molecule has 23 heavy (non-hydrogen) atoms. The van der Waals surface area contributed by atoms with Gasteiger partial charge < -0.3 is 19.6 Å². The molecular weight excluding hydrogens is 311 g/mol. The van der Waals surface area contributed by atoms with Crippen molar-refractivity contribution in [1.29, 1.82) is 0 Å². The number of furan rings is 1. The Hall–Kier alpha value is -1.99. The molecule has 0 amide bonds. The second-order valence-electron chi connectivity index (χ2n) is 5.13. The van der Waals surface area contributed by atoms with E-state index in [4.69, 9.17) is 9.15 Å². The predicted molar refractivity (Wildman–Crippen MR) is 78.1 cm³/mol. The summed E-state index contributed by atoms with van der Waals surface area (Å²) in [5.41, 5.74) is -0.737. The highest BCUT2D eigenvalue weighted by Crippen LogP contribution is 2.30. The molecule has 0 radical (unpaired) electrons. The molecule has 0 aliphatic heterocycles. The lowest BCUT2D eigenvalue weighted by atomic mass is 10.2. The minimum atomic E-state index is -4.37. The van der Waals surface area contributed by atoms with E-state index in [0.29, 0.717) is 0 Å². The van der Waals surface area contributed by atoms with E-state index in [1.54, 1.807) is 12.3 Å². The maximum atomic E-state index is 12.4. The summed E-state index contributed by atoms with van der Waals surface area (Å²) in [7, 11) is 0. The highest BCUT2D eigenvalue weighted by atomic mass is 19.4. The number of nitrogens with one attached hydrogen (secondary N) is 1. The number of ether oxygens (including phenoxy) is 1. The van der Waals surface area contributed by atoms with E-state index in [-0.39, 0.29) is 24.9 Å². The summed E-state index contributed by atoms with van der Waals surface area (Å²) in [6, 6.07) is 7.88. The summed E-state index contributed by atoms with van der Waals surface area (Å²) >= 11 is 0. The summed E-state index contributed by atoms with van der Waals surface area (Å²) in [4.78, 5) is 0. The fourth-order valence-electron chi connectivity index (χ4n) is 1.94. The van der Waals surface area contributed by atoms with Crippen molar-refractivity contribution >= 4 is 0 Å². The molecule has 0 fully saturated rings. The van der Waals surface area contributed by atoms with Gasteiger partial charge in [-0.3, -0.25) is 0 Å². The Morgan fingerprint density at radius 1 is 1.22 bits per heavy atom. The van der Waals surface area contributed by atoms with Crippen LogP contribution in [0.3, 0.4) is 0 Å². The van der Waals surface area contributed by atoms with Crippen LogP contribution < -0.4 is 10.1 Å². The van der Waals surface area contributed by atoms with Crippen molar-refractivity contribution in [2.24, 2.45) is 0 Å². The van der Waals surface area contributed by atoms with Crippen LogP contribution in [0.5, 0.6) is 5.75 Å². The van der Waals surface area contributed by atoms with Gasteiger partial charge in [-0.1, -0.05) is 0 Å². The molecule has 2 atom stereocenters. The molecule has 0 aliphatic rings. The third kappa shape index (κ3) is 5.30. The standard InChI is InChI=1S/C16H18F3NO3/c1-11(15-3-2-8-22-15)20-9-13(21)10-23-14-6-4-12(5-7-14)16(17,18)19/h2-8,11,13,20-21H,9-10H2,1H3. The minimum absolute atomic E-state index is 0.0246. The first-order chi connectivity index (χ1) is 10.9. The Labute approximate surface area is 131 Å². The lowest BCUT2D eigenvalue weighted by Gasteiger charge is -2.16. The molecular formula is C16H18F3NO3. The quantitative estimate of drug-likeness (QED) is 0.817. The summed E-state index contributed by atoms with van der Waals surface area (Å²) < 4.78 is 47.8. The van der Waals surface area contributed by atoms with Crippen molar-refractivity contribution in [3.05, 3.63) is 54.0 Å². The van der Waals surface area contributed by atoms with E-state index >= 15 is 0 Å². The maximum absolute atomic E-state index is 12.4. The number of aliphatic hydroxyl groups is 1. The monoisotopic (exact) mass is 329 g/mol. The SMILES string of the molecule is CC(NCC(O)COc1ccc(C(F)(F)F)cc1)c1ccco1. The molecule has 1 aromatic carbocycles. The van der Waals surface area contributed by atoms with Crippen molar-refractivity contribution in [3.8, 4) is 5.75 Å². The molecule has 2 rings (SSSR count). The van der Waals surface area contributed by atoms with Crippen LogP contribution in [-0.4, -0.2) is 24.4 Å². The van der Waals surface area contributed by atoms with E-state index in [9.17, 15) is 18.3 Å². The zero-order chi connectivity index (χ0) is 16.9. The predicted octanol–water partition coefficient (Wildman–Crippen LogP) is 3.39. The highest BCUT2D eigenvalue weighted by molar-refractivity contribution is 5.28. The number of rotatable bonds is 7. The molecule has 4 nitrogen and oxygen atoms in total. The van der Waals surface area contributed by atoms with Gasteiger partial charge in [0.15, 0.2) is 0 Å². The largest absolute Gasteiger partial charge is 0.491 e. The molecule has 2 aromatic rings. The number of hydrogen-bond acceptors (Lipinski definition) is 4. The molecule has 0 saturated heterocycles. The number of alkyl halides is 3. The number of aliphatic hydroxyl groups excluding tert-OH is 1. The molecule has 2 unspecified atom stereocenters. The lowest BCUT2D eigenvalue weighted by molar-refractivity contribution is -0.137. The van der Waals surface area contributed by atoms with Crippen LogP contribution in [-0.2, 0) is 6.18 Å². The van der Waals surface area contributed by atoms with Gasteiger partial charge in [-0.05, 0) is 43.3 Å². The van der Waals surface area contributed by atoms with Gasteiger partial charge in [-0.25, -0.2) is 0 Å². The molecule has 2 N–H and O–H groups in total. The van der Waals surface area contributed by atoms with Crippen molar-refractivity contribution in [2.45, 2.75) is 25.2 Å². The van der Waals surface area contributed by atoms with E-state index in [2.05, 4.69) is 5.32 Å². The van der Waals surface area contributed by atoms with Crippen LogP contribution in [0.25, 0.3) is 0 Å². The van der Waals surface area contributed by atoms with Crippen molar-refractivity contribution in [3.63, 3.8) is 0 Å². The minimum Gasteiger partial charge on any atom is -0.491 e. The summed E-state index contributed by atoms with van der Waals surface area (Å²) in [6.45, 7) is 2.13. The Bertz CT molecular complexity index is 582. The van der Waals surface area contributed by atoms with E-state index in [1.807, 2.05) is 13.0 Å². The molecule has 0 bridgehead atoms. The van der Waals surface area contributed by atoms with Gasteiger partial charge >= 0.3 is 6.18 Å². The van der Waals surface area contributed by atoms with Crippen LogP contribution in [0.4, 0.5) is 13.2 Å². The van der Waals surface area contributed by atoms with Gasteiger partial charge in [0.05, 0.1) is 17.9 Å². The Morgan fingerprint density at radius 2 is 1.91 bits per heavy atom. The average Bonchev–Trinajstić information content (AvgIpc) is 3.04. The fraction of sp³-hybridized carbons (Fsp3) is 0.375. The van der Waals surface area contributed by atoms with Gasteiger partial charge in [0.25, 0.3) is 0 Å². The molecule has 1 aromatic heterocycles. The van der Waals surface area contributed by atoms with Crippen molar-refractivity contribution in [1.82, 2.24) is 5.32 Å². The third-order valence-corrected chi connectivity index (χ3v) is 3.25. The fourth-order valence-corrected chi connectivity index (χ4v) is 1.94. The molecule has 0 saturated carbocycles. The number of hydrogen-bond donors (Lipinski definition) is 2. The van der Waals surface area contributed by atoms with Crippen LogP contribution in [0.15, 0.2) is 47.1 Å². The van der Waals surface area contributed by atoms with Gasteiger partial charge in [0.1, 0.15) is 24.2 Å². The number of halogens is 3. The third-order valence-electron chi connectivity index (χ3n) is 3.25. The molecule has 0 aliphatic carbocycles. The van der Waals surface area contributed by atoms with Crippen LogP contribution >= 0.6 is 0 Å². The smallest absolute Gasteiger partial charge is 0.416 e. The van der Waals surface area contributed by atoms with Gasteiger partial charge in [0, 0.05) is 6.54 Å². The first-order valence-corrected chi connectivity index (χ1v) is 7.11. The first-order valence-electron chi connectivity index (χ1n) is 7.11. The zero-order valence-electron chi connectivity index (χ0n) is 12.5. The van der Waals surface area contributed by atoms with Gasteiger partial charge in [-0.2, -0.15) is 13.2 Å². The summed E-state index contributed by atoms with van der Waals surface area (Å²) in [6.07, 6.45) is -3.60. The van der Waals surface area contributed by atoms with Crippen LogP contribution in [0.1, 0.15) is 24.3 Å².